The summed E-state index contributed by atoms with van der Waals surface area (Å²) in [6.07, 6.45) is 10.3. The zero-order valence-corrected chi connectivity index (χ0v) is 10.9. The van der Waals surface area contributed by atoms with Crippen LogP contribution in [0.15, 0.2) is 12.2 Å². The zero-order valence-electron chi connectivity index (χ0n) is 10.9. The Balaban J connectivity index is 2.85. The summed E-state index contributed by atoms with van der Waals surface area (Å²) in [5, 5.41) is 2.92. The maximum atomic E-state index is 11.5. The molecule has 96 valence electrons. The van der Waals surface area contributed by atoms with Crippen molar-refractivity contribution in [3.63, 3.8) is 0 Å². The average molecular weight is 237 g/mol. The number of piperidine rings is 1. The number of hydrogen-bond acceptors (Lipinski definition) is 2. The summed E-state index contributed by atoms with van der Waals surface area (Å²) in [7, 11) is 0. The Kier molecular flexibility index (Phi) is 5.39. The van der Waals surface area contributed by atoms with Gasteiger partial charge in [0.2, 0.25) is 5.91 Å². The molecule has 0 saturated carbocycles. The molecule has 0 aromatic rings. The molecule has 1 N–H and O–H groups in total. The van der Waals surface area contributed by atoms with Gasteiger partial charge in [-0.15, -0.1) is 0 Å². The van der Waals surface area contributed by atoms with Crippen molar-refractivity contribution in [3.05, 3.63) is 12.2 Å². The first-order valence-corrected chi connectivity index (χ1v) is 6.58. The van der Waals surface area contributed by atoms with Crippen LogP contribution in [-0.4, -0.2) is 17.7 Å². The second kappa shape index (κ2) is 6.58. The van der Waals surface area contributed by atoms with Gasteiger partial charge < -0.3 is 10.1 Å². The van der Waals surface area contributed by atoms with Crippen molar-refractivity contribution in [2.75, 3.05) is 0 Å². The van der Waals surface area contributed by atoms with Crippen molar-refractivity contribution in [3.8, 4) is 0 Å². The van der Waals surface area contributed by atoms with Crippen molar-refractivity contribution in [1.29, 1.82) is 0 Å². The van der Waals surface area contributed by atoms with E-state index in [0.29, 0.717) is 6.42 Å². The van der Waals surface area contributed by atoms with Gasteiger partial charge in [0.05, 0.1) is 0 Å². The van der Waals surface area contributed by atoms with Gasteiger partial charge in [-0.05, 0) is 26.2 Å². The molecule has 3 nitrogen and oxygen atoms in total. The third kappa shape index (κ3) is 3.42. The lowest BCUT2D eigenvalue weighted by atomic mass is 9.76. The molecule has 0 spiro atoms. The normalized spacial score (nSPS) is 26.8. The predicted octanol–water partition coefficient (Wildman–Crippen LogP) is 2.61. The molecule has 3 heteroatoms. The van der Waals surface area contributed by atoms with Crippen LogP contribution < -0.4 is 5.32 Å². The number of allylic oxidation sites excluding steroid dienone is 1. The van der Waals surface area contributed by atoms with Gasteiger partial charge in [0.1, 0.15) is 11.8 Å². The van der Waals surface area contributed by atoms with Crippen LogP contribution in [0.5, 0.6) is 0 Å². The second-order valence-corrected chi connectivity index (χ2v) is 4.83. The van der Waals surface area contributed by atoms with E-state index >= 15 is 0 Å². The lowest BCUT2D eigenvalue weighted by Gasteiger charge is -2.38. The molecule has 0 bridgehead atoms. The van der Waals surface area contributed by atoms with Crippen LogP contribution in [0.4, 0.5) is 0 Å². The quantitative estimate of drug-likeness (QED) is 0.570. The molecule has 0 radical (unpaired) electrons. The molecule has 1 rings (SSSR count). The monoisotopic (exact) mass is 237 g/mol. The molecule has 2 atom stereocenters. The van der Waals surface area contributed by atoms with Crippen molar-refractivity contribution in [1.82, 2.24) is 5.32 Å². The highest BCUT2D eigenvalue weighted by molar-refractivity contribution is 5.83. The third-order valence-corrected chi connectivity index (χ3v) is 3.53. The molecule has 17 heavy (non-hydrogen) atoms. The highest BCUT2D eigenvalue weighted by atomic mass is 16.2. The Morgan fingerprint density at radius 2 is 2.29 bits per heavy atom. The molecule has 1 aliphatic rings. The van der Waals surface area contributed by atoms with Crippen molar-refractivity contribution >= 4 is 12.2 Å². The fourth-order valence-electron chi connectivity index (χ4n) is 2.56. The van der Waals surface area contributed by atoms with Crippen LogP contribution in [0.25, 0.3) is 0 Å². The van der Waals surface area contributed by atoms with Crippen LogP contribution in [0, 0.1) is 5.92 Å². The standard InChI is InChI=1S/C14H23NO2/c1-3-5-8-12(7-4-2)14(11-16)10-6-9-13(17)15-14/h4,7,11-12H,3,5-6,8-10H2,1-2H3,(H,15,17)/b7-4+/t12-,14+/m0/s1. The highest BCUT2D eigenvalue weighted by Crippen LogP contribution is 2.30. The molecule has 0 unspecified atom stereocenters. The Labute approximate surface area is 104 Å². The van der Waals surface area contributed by atoms with E-state index in [1.807, 2.05) is 13.0 Å². The molecule has 1 aliphatic heterocycles. The van der Waals surface area contributed by atoms with E-state index in [1.54, 1.807) is 0 Å². The lowest BCUT2D eigenvalue weighted by molar-refractivity contribution is -0.130. The van der Waals surface area contributed by atoms with Gasteiger partial charge in [-0.1, -0.05) is 31.9 Å². The summed E-state index contributed by atoms with van der Waals surface area (Å²) < 4.78 is 0. The molecule has 1 amide bonds. The zero-order chi connectivity index (χ0) is 12.7. The van der Waals surface area contributed by atoms with Gasteiger partial charge >= 0.3 is 0 Å². The second-order valence-electron chi connectivity index (χ2n) is 4.83. The Bertz CT molecular complexity index is 299. The Hall–Kier alpha value is -1.12. The third-order valence-electron chi connectivity index (χ3n) is 3.53. The van der Waals surface area contributed by atoms with Gasteiger partial charge in [-0.25, -0.2) is 0 Å². The number of nitrogens with one attached hydrogen (secondary N) is 1. The fraction of sp³-hybridized carbons (Fsp3) is 0.714. The summed E-state index contributed by atoms with van der Waals surface area (Å²) in [6.45, 7) is 4.10. The van der Waals surface area contributed by atoms with Gasteiger partial charge in [-0.2, -0.15) is 0 Å². The molecule has 0 aromatic carbocycles. The predicted molar refractivity (Wildman–Crippen MR) is 68.6 cm³/mol. The minimum Gasteiger partial charge on any atom is -0.343 e. The first-order valence-electron chi connectivity index (χ1n) is 6.58. The van der Waals surface area contributed by atoms with Crippen LogP contribution in [0.1, 0.15) is 52.4 Å². The van der Waals surface area contributed by atoms with E-state index in [4.69, 9.17) is 0 Å². The van der Waals surface area contributed by atoms with E-state index in [-0.39, 0.29) is 11.8 Å². The summed E-state index contributed by atoms with van der Waals surface area (Å²) in [6, 6.07) is 0. The maximum absolute atomic E-state index is 11.5. The number of carbonyl (C=O) groups excluding carboxylic acids is 2. The van der Waals surface area contributed by atoms with E-state index in [2.05, 4.69) is 18.3 Å². The highest BCUT2D eigenvalue weighted by Gasteiger charge is 2.40. The molecule has 0 aromatic heterocycles. The summed E-state index contributed by atoms with van der Waals surface area (Å²) in [5.41, 5.74) is -0.656. The smallest absolute Gasteiger partial charge is 0.220 e. The summed E-state index contributed by atoms with van der Waals surface area (Å²) in [5.74, 6) is 0.142. The van der Waals surface area contributed by atoms with Crippen LogP contribution >= 0.6 is 0 Å². The number of aldehydes is 1. The topological polar surface area (TPSA) is 46.2 Å². The minimum absolute atomic E-state index is 0.00866. The Morgan fingerprint density at radius 1 is 1.53 bits per heavy atom. The first kappa shape index (κ1) is 13.9. The van der Waals surface area contributed by atoms with Crippen molar-refractivity contribution in [2.45, 2.75) is 57.9 Å². The molecule has 1 fully saturated rings. The van der Waals surface area contributed by atoms with Gasteiger partial charge in [0.15, 0.2) is 0 Å². The fourth-order valence-corrected chi connectivity index (χ4v) is 2.56. The van der Waals surface area contributed by atoms with Crippen LogP contribution in [0.3, 0.4) is 0 Å². The lowest BCUT2D eigenvalue weighted by Crippen LogP contribution is -2.57. The van der Waals surface area contributed by atoms with Gasteiger partial charge in [-0.3, -0.25) is 4.79 Å². The molecule has 0 aliphatic carbocycles. The SMILES string of the molecule is C/C=C/[C@@H](CCCC)[C@]1(C=O)CCCC(=O)N1. The van der Waals surface area contributed by atoms with E-state index in [0.717, 1.165) is 38.4 Å². The summed E-state index contributed by atoms with van der Waals surface area (Å²) in [4.78, 5) is 23.0. The van der Waals surface area contributed by atoms with E-state index in [1.165, 1.54) is 0 Å². The number of carbonyl (C=O) groups is 2. The van der Waals surface area contributed by atoms with Gasteiger partial charge in [0.25, 0.3) is 0 Å². The first-order chi connectivity index (χ1) is 8.18. The number of rotatable bonds is 6. The maximum Gasteiger partial charge on any atom is 0.220 e. The largest absolute Gasteiger partial charge is 0.343 e. The van der Waals surface area contributed by atoms with Crippen molar-refractivity contribution < 1.29 is 9.59 Å². The molecule has 1 heterocycles. The summed E-state index contributed by atoms with van der Waals surface area (Å²) >= 11 is 0. The number of unbranched alkanes of at least 4 members (excludes halogenated alkanes) is 1. The average Bonchev–Trinajstić information content (AvgIpc) is 2.34. The molecular weight excluding hydrogens is 214 g/mol. The Morgan fingerprint density at radius 3 is 2.82 bits per heavy atom. The minimum atomic E-state index is -0.656. The van der Waals surface area contributed by atoms with E-state index in [9.17, 15) is 9.59 Å². The number of hydrogen-bond donors (Lipinski definition) is 1. The molecular formula is C14H23NO2. The van der Waals surface area contributed by atoms with Crippen LogP contribution in [0.2, 0.25) is 0 Å². The van der Waals surface area contributed by atoms with Crippen LogP contribution in [-0.2, 0) is 9.59 Å². The van der Waals surface area contributed by atoms with Gasteiger partial charge in [0, 0.05) is 12.3 Å². The number of amides is 1. The van der Waals surface area contributed by atoms with Crippen molar-refractivity contribution in [2.24, 2.45) is 5.92 Å². The van der Waals surface area contributed by atoms with E-state index < -0.39 is 5.54 Å². The molecule has 1 saturated heterocycles.